The molecule has 4 nitrogen and oxygen atoms in total. The van der Waals surface area contributed by atoms with Crippen molar-refractivity contribution in [1.29, 1.82) is 0 Å². The van der Waals surface area contributed by atoms with Gasteiger partial charge in [0.15, 0.2) is 5.76 Å². The van der Waals surface area contributed by atoms with Gasteiger partial charge >= 0.3 is 0 Å². The minimum atomic E-state index is -0.187. The van der Waals surface area contributed by atoms with E-state index >= 15 is 0 Å². The van der Waals surface area contributed by atoms with Crippen LogP contribution in [-0.2, 0) is 0 Å². The van der Waals surface area contributed by atoms with Gasteiger partial charge in [-0.05, 0) is 44.2 Å². The lowest BCUT2D eigenvalue weighted by Gasteiger charge is -2.09. The van der Waals surface area contributed by atoms with Crippen LogP contribution < -0.4 is 5.32 Å². The van der Waals surface area contributed by atoms with Gasteiger partial charge in [0.25, 0.3) is 5.91 Å². The minimum absolute atomic E-state index is 0.172. The van der Waals surface area contributed by atoms with Crippen molar-refractivity contribution in [3.8, 4) is 0 Å². The highest BCUT2D eigenvalue weighted by molar-refractivity contribution is 5.91. The molecule has 1 heterocycles. The second-order valence-corrected chi connectivity index (χ2v) is 4.45. The quantitative estimate of drug-likeness (QED) is 0.815. The summed E-state index contributed by atoms with van der Waals surface area (Å²) in [6.45, 7) is 2.43. The summed E-state index contributed by atoms with van der Waals surface area (Å²) in [5.41, 5.74) is 0. The first-order valence-corrected chi connectivity index (χ1v) is 5.68. The highest BCUT2D eigenvalue weighted by Gasteiger charge is 2.23. The average Bonchev–Trinajstić information content (AvgIpc) is 2.84. The molecule has 2 N–H and O–H groups in total. The smallest absolute Gasteiger partial charge is 0.287 e. The Morgan fingerprint density at radius 2 is 2.38 bits per heavy atom. The monoisotopic (exact) mass is 223 g/mol. The summed E-state index contributed by atoms with van der Waals surface area (Å²) in [6.07, 6.45) is 2.43. The number of hydrogen-bond acceptors (Lipinski definition) is 3. The summed E-state index contributed by atoms with van der Waals surface area (Å²) in [5, 5.41) is 12.2. The molecule has 1 saturated carbocycles. The lowest BCUT2D eigenvalue weighted by atomic mass is 10.1. The van der Waals surface area contributed by atoms with E-state index in [4.69, 9.17) is 4.42 Å². The lowest BCUT2D eigenvalue weighted by Crippen LogP contribution is -2.28. The van der Waals surface area contributed by atoms with Crippen molar-refractivity contribution in [2.24, 2.45) is 5.92 Å². The summed E-state index contributed by atoms with van der Waals surface area (Å²) in [6, 6.07) is 3.45. The van der Waals surface area contributed by atoms with Gasteiger partial charge in [-0.2, -0.15) is 0 Å². The molecule has 0 aliphatic heterocycles. The maximum atomic E-state index is 11.6. The third-order valence-corrected chi connectivity index (χ3v) is 3.03. The van der Waals surface area contributed by atoms with Crippen LogP contribution in [0, 0.1) is 12.8 Å². The number of rotatable bonds is 3. The van der Waals surface area contributed by atoms with Crippen LogP contribution in [0.1, 0.15) is 35.6 Å². The zero-order valence-corrected chi connectivity index (χ0v) is 9.40. The summed E-state index contributed by atoms with van der Waals surface area (Å²) < 4.78 is 5.22. The van der Waals surface area contributed by atoms with Crippen LogP contribution in [0.3, 0.4) is 0 Å². The molecule has 2 unspecified atom stereocenters. The van der Waals surface area contributed by atoms with Gasteiger partial charge in [0.1, 0.15) is 5.76 Å². The third-order valence-electron chi connectivity index (χ3n) is 3.03. The largest absolute Gasteiger partial charge is 0.456 e. The summed E-state index contributed by atoms with van der Waals surface area (Å²) in [5.74, 6) is 1.32. The van der Waals surface area contributed by atoms with Crippen LogP contribution in [0.2, 0.25) is 0 Å². The molecule has 16 heavy (non-hydrogen) atoms. The number of carbonyl (C=O) groups is 1. The van der Waals surface area contributed by atoms with Crippen LogP contribution in [0.5, 0.6) is 0 Å². The molecule has 1 amide bonds. The number of hydrogen-bond donors (Lipinski definition) is 2. The summed E-state index contributed by atoms with van der Waals surface area (Å²) >= 11 is 0. The summed E-state index contributed by atoms with van der Waals surface area (Å²) in [4.78, 5) is 11.6. The Labute approximate surface area is 94.6 Å². The number of carbonyl (C=O) groups excluding carboxylic acids is 1. The van der Waals surface area contributed by atoms with Crippen molar-refractivity contribution in [3.05, 3.63) is 23.7 Å². The van der Waals surface area contributed by atoms with Gasteiger partial charge in [-0.3, -0.25) is 4.79 Å². The fraction of sp³-hybridized carbons (Fsp3) is 0.583. The third kappa shape index (κ3) is 2.64. The molecule has 1 aromatic rings. The molecule has 1 aliphatic carbocycles. The van der Waals surface area contributed by atoms with Gasteiger partial charge in [-0.1, -0.05) is 0 Å². The first kappa shape index (κ1) is 11.2. The highest BCUT2D eigenvalue weighted by Crippen LogP contribution is 2.24. The Hall–Kier alpha value is -1.29. The van der Waals surface area contributed by atoms with Crippen molar-refractivity contribution in [3.63, 3.8) is 0 Å². The number of aliphatic hydroxyl groups is 1. The second kappa shape index (κ2) is 4.70. The number of aryl methyl sites for hydroxylation is 1. The molecule has 1 aromatic heterocycles. The second-order valence-electron chi connectivity index (χ2n) is 4.45. The van der Waals surface area contributed by atoms with Gasteiger partial charge in [0.05, 0.1) is 6.10 Å². The first-order valence-electron chi connectivity index (χ1n) is 5.68. The normalized spacial score (nSPS) is 24.6. The number of amides is 1. The molecule has 4 heteroatoms. The van der Waals surface area contributed by atoms with Gasteiger partial charge < -0.3 is 14.8 Å². The molecule has 1 fully saturated rings. The zero-order chi connectivity index (χ0) is 11.5. The molecule has 2 atom stereocenters. The van der Waals surface area contributed by atoms with Crippen LogP contribution >= 0.6 is 0 Å². The maximum absolute atomic E-state index is 11.6. The Morgan fingerprint density at radius 1 is 1.56 bits per heavy atom. The Bertz CT molecular complexity index is 372. The van der Waals surface area contributed by atoms with Crippen LogP contribution in [-0.4, -0.2) is 23.7 Å². The van der Waals surface area contributed by atoms with E-state index < -0.39 is 0 Å². The van der Waals surface area contributed by atoms with Gasteiger partial charge in [0, 0.05) is 6.54 Å². The number of nitrogens with one attached hydrogen (secondary N) is 1. The molecular formula is C12H17NO3. The number of furan rings is 1. The lowest BCUT2D eigenvalue weighted by molar-refractivity contribution is 0.0916. The van der Waals surface area contributed by atoms with E-state index in [-0.39, 0.29) is 12.0 Å². The molecule has 0 spiro atoms. The predicted molar refractivity (Wildman–Crippen MR) is 59.1 cm³/mol. The van der Waals surface area contributed by atoms with Crippen LogP contribution in [0.4, 0.5) is 0 Å². The van der Waals surface area contributed by atoms with Crippen molar-refractivity contribution in [2.45, 2.75) is 32.3 Å². The van der Waals surface area contributed by atoms with E-state index in [1.54, 1.807) is 12.1 Å². The minimum Gasteiger partial charge on any atom is -0.456 e. The van der Waals surface area contributed by atoms with E-state index in [2.05, 4.69) is 5.32 Å². The van der Waals surface area contributed by atoms with Crippen LogP contribution in [0.25, 0.3) is 0 Å². The number of aliphatic hydroxyl groups excluding tert-OH is 1. The summed E-state index contributed by atoms with van der Waals surface area (Å²) in [7, 11) is 0. The molecular weight excluding hydrogens is 206 g/mol. The van der Waals surface area contributed by atoms with Crippen molar-refractivity contribution >= 4 is 5.91 Å². The zero-order valence-electron chi connectivity index (χ0n) is 9.40. The maximum Gasteiger partial charge on any atom is 0.287 e. The fourth-order valence-electron chi connectivity index (χ4n) is 2.11. The molecule has 88 valence electrons. The van der Waals surface area contributed by atoms with Crippen LogP contribution in [0.15, 0.2) is 16.5 Å². The molecule has 0 radical (unpaired) electrons. The highest BCUT2D eigenvalue weighted by atomic mass is 16.3. The van der Waals surface area contributed by atoms with Gasteiger partial charge in [-0.15, -0.1) is 0 Å². The molecule has 0 bridgehead atoms. The van der Waals surface area contributed by atoms with Gasteiger partial charge in [0.2, 0.25) is 0 Å². The molecule has 0 aromatic carbocycles. The molecule has 2 rings (SSSR count). The molecule has 1 aliphatic rings. The molecule has 0 saturated heterocycles. The SMILES string of the molecule is Cc1ccc(C(=O)NCC2CCC(O)C2)o1. The van der Waals surface area contributed by atoms with Crippen molar-refractivity contribution < 1.29 is 14.3 Å². The van der Waals surface area contributed by atoms with E-state index in [9.17, 15) is 9.90 Å². The standard InChI is InChI=1S/C12H17NO3/c1-8-2-5-11(16-8)12(15)13-7-9-3-4-10(14)6-9/h2,5,9-10,14H,3-4,6-7H2,1H3,(H,13,15). The Kier molecular flexibility index (Phi) is 3.29. The Balaban J connectivity index is 1.80. The van der Waals surface area contributed by atoms with E-state index in [1.165, 1.54) is 0 Å². The van der Waals surface area contributed by atoms with E-state index in [0.29, 0.717) is 18.2 Å². The topological polar surface area (TPSA) is 62.5 Å². The van der Waals surface area contributed by atoms with Crippen molar-refractivity contribution in [2.75, 3.05) is 6.54 Å². The van der Waals surface area contributed by atoms with Crippen molar-refractivity contribution in [1.82, 2.24) is 5.32 Å². The Morgan fingerprint density at radius 3 is 2.94 bits per heavy atom. The van der Waals surface area contributed by atoms with E-state index in [1.807, 2.05) is 6.92 Å². The average molecular weight is 223 g/mol. The van der Waals surface area contributed by atoms with Gasteiger partial charge in [-0.25, -0.2) is 0 Å². The fourth-order valence-corrected chi connectivity index (χ4v) is 2.11. The predicted octanol–water partition coefficient (Wildman–Crippen LogP) is 1.48. The van der Waals surface area contributed by atoms with E-state index in [0.717, 1.165) is 25.0 Å². The first-order chi connectivity index (χ1) is 7.65.